The molecule has 182 valence electrons. The van der Waals surface area contributed by atoms with Gasteiger partial charge in [0.25, 0.3) is 17.7 Å². The van der Waals surface area contributed by atoms with Gasteiger partial charge in [-0.2, -0.15) is 0 Å². The van der Waals surface area contributed by atoms with Gasteiger partial charge in [-0.05, 0) is 42.4 Å². The maximum absolute atomic E-state index is 13.8. The Labute approximate surface area is 198 Å². The van der Waals surface area contributed by atoms with Gasteiger partial charge in [0, 0.05) is 37.4 Å². The molecule has 4 aliphatic rings. The van der Waals surface area contributed by atoms with E-state index in [1.807, 2.05) is 0 Å². The Hall–Kier alpha value is -3.70. The largest absolute Gasteiger partial charge is 0.350 e. The number of rotatable bonds is 5. The smallest absolute Gasteiger partial charge is 0.273 e. The second-order valence-electron chi connectivity index (χ2n) is 9.65. The van der Waals surface area contributed by atoms with Crippen molar-refractivity contribution in [3.05, 3.63) is 41.2 Å². The lowest BCUT2D eigenvalue weighted by molar-refractivity contribution is -0.136. The van der Waals surface area contributed by atoms with Gasteiger partial charge >= 0.3 is 0 Å². The molecule has 3 fully saturated rings. The fraction of sp³-hybridized carbons (Fsp3) is 0.478. The minimum atomic E-state index is -2.64. The van der Waals surface area contributed by atoms with Crippen LogP contribution in [0.25, 0.3) is 5.69 Å². The maximum Gasteiger partial charge on any atom is 0.273 e. The van der Waals surface area contributed by atoms with Crippen LogP contribution in [0.15, 0.2) is 24.4 Å². The van der Waals surface area contributed by atoms with E-state index in [9.17, 15) is 28.0 Å². The molecule has 1 aromatic heterocycles. The van der Waals surface area contributed by atoms with E-state index in [0.29, 0.717) is 17.7 Å². The van der Waals surface area contributed by atoms with E-state index in [4.69, 9.17) is 0 Å². The van der Waals surface area contributed by atoms with Crippen LogP contribution in [0.3, 0.4) is 0 Å². The molecule has 0 spiro atoms. The van der Waals surface area contributed by atoms with E-state index >= 15 is 0 Å². The number of imide groups is 1. The zero-order valence-electron chi connectivity index (χ0n) is 18.5. The Morgan fingerprint density at radius 3 is 2.80 bits per heavy atom. The molecule has 2 aliphatic heterocycles. The van der Waals surface area contributed by atoms with Crippen LogP contribution in [-0.2, 0) is 16.1 Å². The summed E-state index contributed by atoms with van der Waals surface area (Å²) in [6.07, 6.45) is 2.29. The van der Waals surface area contributed by atoms with E-state index in [2.05, 4.69) is 20.9 Å². The summed E-state index contributed by atoms with van der Waals surface area (Å²) in [5.74, 6) is -5.14. The number of hydrogen-bond donors (Lipinski definition) is 2. The standard InChI is InChI=1S/C23H22F2N6O4/c24-23(25)6-5-13-15(19(13)23)8-26-20(33)16-10-31(29-28-16)12-2-1-11-9-30(22(35)14(11)7-12)17-3-4-18(32)27-21(17)34/h1-2,7,10,13,15,17,19H,3-6,8-9H2,(H,26,33)(H,27,32,34). The molecule has 6 rings (SSSR count). The lowest BCUT2D eigenvalue weighted by Crippen LogP contribution is -2.52. The van der Waals surface area contributed by atoms with Crippen molar-refractivity contribution >= 4 is 23.6 Å². The Bertz CT molecular complexity index is 1280. The molecule has 1 saturated heterocycles. The summed E-state index contributed by atoms with van der Waals surface area (Å²) in [7, 11) is 0. The van der Waals surface area contributed by atoms with Crippen molar-refractivity contribution in [3.8, 4) is 5.69 Å². The van der Waals surface area contributed by atoms with Gasteiger partial charge in [-0.3, -0.25) is 24.5 Å². The van der Waals surface area contributed by atoms with Gasteiger partial charge in [0.15, 0.2) is 5.69 Å². The average molecular weight is 484 g/mol. The minimum absolute atomic E-state index is 0.0235. The van der Waals surface area contributed by atoms with Crippen LogP contribution in [-0.4, -0.2) is 62.0 Å². The lowest BCUT2D eigenvalue weighted by atomic mass is 10.0. The van der Waals surface area contributed by atoms with Crippen LogP contribution in [0.1, 0.15) is 52.1 Å². The summed E-state index contributed by atoms with van der Waals surface area (Å²) in [6.45, 7) is 0.439. The number of carbonyl (C=O) groups is 4. The van der Waals surface area contributed by atoms with Crippen molar-refractivity contribution in [2.24, 2.45) is 17.8 Å². The fourth-order valence-electron chi connectivity index (χ4n) is 5.75. The normalized spacial score (nSPS) is 28.5. The molecule has 2 saturated carbocycles. The summed E-state index contributed by atoms with van der Waals surface area (Å²) in [5, 5.41) is 12.8. The number of nitrogens with one attached hydrogen (secondary N) is 2. The van der Waals surface area contributed by atoms with Crippen LogP contribution < -0.4 is 10.6 Å². The summed E-state index contributed by atoms with van der Waals surface area (Å²) in [6, 6.07) is 4.39. The van der Waals surface area contributed by atoms with Crippen molar-refractivity contribution < 1.29 is 28.0 Å². The summed E-state index contributed by atoms with van der Waals surface area (Å²) in [4.78, 5) is 50.6. The first-order valence-electron chi connectivity index (χ1n) is 11.6. The summed E-state index contributed by atoms with van der Waals surface area (Å²) >= 11 is 0. The quantitative estimate of drug-likeness (QED) is 0.611. The number of benzene rings is 1. The molecule has 4 unspecified atom stereocenters. The number of aromatic nitrogens is 3. The first-order valence-corrected chi connectivity index (χ1v) is 11.6. The zero-order valence-corrected chi connectivity index (χ0v) is 18.5. The molecule has 2 N–H and O–H groups in total. The number of amides is 4. The number of piperidine rings is 1. The molecular formula is C23H22F2N6O4. The van der Waals surface area contributed by atoms with E-state index in [1.54, 1.807) is 18.2 Å². The van der Waals surface area contributed by atoms with Crippen molar-refractivity contribution in [1.82, 2.24) is 30.5 Å². The average Bonchev–Trinajstić information content (AvgIpc) is 3.08. The second-order valence-corrected chi connectivity index (χ2v) is 9.65. The molecule has 2 aromatic rings. The van der Waals surface area contributed by atoms with Crippen LogP contribution in [0.5, 0.6) is 0 Å². The predicted octanol–water partition coefficient (Wildman–Crippen LogP) is 1.05. The SMILES string of the molecule is O=C1CCC(N2Cc3ccc(-n4cc(C(=O)NCC5C6CCC(F)(F)C65)nn4)cc3C2=O)C(=O)N1. The third-order valence-electron chi connectivity index (χ3n) is 7.63. The van der Waals surface area contributed by atoms with Gasteiger partial charge in [-0.1, -0.05) is 11.3 Å². The Kier molecular flexibility index (Phi) is 4.77. The highest BCUT2D eigenvalue weighted by molar-refractivity contribution is 6.05. The van der Waals surface area contributed by atoms with E-state index in [1.165, 1.54) is 15.8 Å². The Morgan fingerprint density at radius 2 is 2.06 bits per heavy atom. The van der Waals surface area contributed by atoms with Gasteiger partial charge in [0.2, 0.25) is 11.8 Å². The predicted molar refractivity (Wildman–Crippen MR) is 114 cm³/mol. The van der Waals surface area contributed by atoms with Crippen molar-refractivity contribution in [2.45, 2.75) is 44.2 Å². The molecule has 4 amide bonds. The first kappa shape index (κ1) is 21.8. The fourth-order valence-corrected chi connectivity index (χ4v) is 5.75. The zero-order chi connectivity index (χ0) is 24.5. The van der Waals surface area contributed by atoms with Gasteiger partial charge in [-0.25, -0.2) is 13.5 Å². The first-order chi connectivity index (χ1) is 16.7. The van der Waals surface area contributed by atoms with Crippen molar-refractivity contribution in [3.63, 3.8) is 0 Å². The number of fused-ring (bicyclic) bond motifs is 2. The highest BCUT2D eigenvalue weighted by atomic mass is 19.3. The molecule has 35 heavy (non-hydrogen) atoms. The third-order valence-corrected chi connectivity index (χ3v) is 7.63. The molecule has 12 heteroatoms. The van der Waals surface area contributed by atoms with E-state index in [-0.39, 0.29) is 61.7 Å². The molecule has 1 aromatic carbocycles. The monoisotopic (exact) mass is 484 g/mol. The van der Waals surface area contributed by atoms with Crippen LogP contribution in [0.4, 0.5) is 8.78 Å². The lowest BCUT2D eigenvalue weighted by Gasteiger charge is -2.29. The van der Waals surface area contributed by atoms with Crippen LogP contribution in [0, 0.1) is 17.8 Å². The second kappa shape index (κ2) is 7.65. The van der Waals surface area contributed by atoms with Crippen LogP contribution >= 0.6 is 0 Å². The molecule has 0 radical (unpaired) electrons. The van der Waals surface area contributed by atoms with Gasteiger partial charge in [-0.15, -0.1) is 5.10 Å². The van der Waals surface area contributed by atoms with Crippen molar-refractivity contribution in [1.29, 1.82) is 0 Å². The highest BCUT2D eigenvalue weighted by Crippen LogP contribution is 2.64. The number of halogens is 2. The molecule has 0 bridgehead atoms. The highest BCUT2D eigenvalue weighted by Gasteiger charge is 2.67. The third kappa shape index (κ3) is 3.58. The molecular weight excluding hydrogens is 462 g/mol. The summed E-state index contributed by atoms with van der Waals surface area (Å²) in [5.41, 5.74) is 1.70. The molecule has 2 aliphatic carbocycles. The Morgan fingerprint density at radius 1 is 1.23 bits per heavy atom. The maximum atomic E-state index is 13.8. The van der Waals surface area contributed by atoms with Gasteiger partial charge < -0.3 is 10.2 Å². The van der Waals surface area contributed by atoms with E-state index < -0.39 is 29.7 Å². The number of carbonyl (C=O) groups excluding carboxylic acids is 4. The number of nitrogens with zero attached hydrogens (tertiary/aromatic N) is 4. The van der Waals surface area contributed by atoms with E-state index in [0.717, 1.165) is 5.56 Å². The van der Waals surface area contributed by atoms with Crippen molar-refractivity contribution in [2.75, 3.05) is 6.54 Å². The number of hydrogen-bond acceptors (Lipinski definition) is 6. The van der Waals surface area contributed by atoms with Gasteiger partial charge in [0.05, 0.1) is 11.9 Å². The topological polar surface area (TPSA) is 126 Å². The summed E-state index contributed by atoms with van der Waals surface area (Å²) < 4.78 is 28.9. The van der Waals surface area contributed by atoms with Crippen LogP contribution in [0.2, 0.25) is 0 Å². The number of alkyl halides is 2. The molecule has 4 atom stereocenters. The van der Waals surface area contributed by atoms with Gasteiger partial charge in [0.1, 0.15) is 6.04 Å². The Balaban J connectivity index is 1.12. The minimum Gasteiger partial charge on any atom is -0.350 e. The molecule has 10 nitrogen and oxygen atoms in total. The molecule has 3 heterocycles.